The maximum Gasteiger partial charge on any atom is 0.247 e. The molecule has 0 aromatic heterocycles. The van der Waals surface area contributed by atoms with Gasteiger partial charge in [-0.3, -0.25) is 9.59 Å². The van der Waals surface area contributed by atoms with Gasteiger partial charge in [0.1, 0.15) is 6.04 Å². The first-order valence-electron chi connectivity index (χ1n) is 8.58. The lowest BCUT2D eigenvalue weighted by molar-refractivity contribution is -0.127. The number of hydrogen-bond donors (Lipinski definition) is 2. The Balaban J connectivity index is 2.03. The smallest absolute Gasteiger partial charge is 0.247 e. The number of carbonyl (C=O) groups excluding carboxylic acids is 2. The summed E-state index contributed by atoms with van der Waals surface area (Å²) in [6, 6.07) is 14.8. The minimum absolute atomic E-state index is 0.00882. The molecule has 2 aromatic carbocycles. The second-order valence-corrected chi connectivity index (χ2v) is 6.76. The molecule has 0 aliphatic heterocycles. The number of amides is 2. The van der Waals surface area contributed by atoms with Crippen LogP contribution >= 0.6 is 0 Å². The van der Waals surface area contributed by atoms with Crippen LogP contribution in [0.5, 0.6) is 0 Å². The lowest BCUT2D eigenvalue weighted by atomic mass is 10.0. The van der Waals surface area contributed by atoms with E-state index in [4.69, 9.17) is 0 Å². The first-order chi connectivity index (χ1) is 11.9. The molecule has 2 amide bonds. The van der Waals surface area contributed by atoms with Gasteiger partial charge in [-0.15, -0.1) is 0 Å². The van der Waals surface area contributed by atoms with E-state index >= 15 is 0 Å². The summed E-state index contributed by atoms with van der Waals surface area (Å²) in [7, 11) is 0. The van der Waals surface area contributed by atoms with Crippen molar-refractivity contribution < 1.29 is 9.59 Å². The Morgan fingerprint density at radius 2 is 1.68 bits per heavy atom. The predicted octanol–water partition coefficient (Wildman–Crippen LogP) is 3.63. The lowest BCUT2D eigenvalue weighted by Gasteiger charge is -2.22. The molecule has 0 saturated carbocycles. The third-order valence-electron chi connectivity index (χ3n) is 4.11. The molecule has 4 heteroatoms. The second-order valence-electron chi connectivity index (χ2n) is 6.76. The van der Waals surface area contributed by atoms with Crippen LogP contribution in [-0.4, -0.2) is 17.9 Å². The standard InChI is InChI=1S/C21H26N2O2/c1-14(2)20(23-19(24)13-17-8-6-5-7-9-17)21(25)22-18-11-10-15(3)12-16(18)4/h5-12,14,20H,13H2,1-4H3,(H,22,25)(H,23,24). The van der Waals surface area contributed by atoms with Crippen molar-refractivity contribution in [3.63, 3.8) is 0 Å². The minimum atomic E-state index is -0.572. The highest BCUT2D eigenvalue weighted by molar-refractivity contribution is 5.98. The second kappa shape index (κ2) is 8.47. The Labute approximate surface area is 149 Å². The van der Waals surface area contributed by atoms with Crippen LogP contribution in [-0.2, 0) is 16.0 Å². The molecule has 0 saturated heterocycles. The van der Waals surface area contributed by atoms with Gasteiger partial charge in [-0.2, -0.15) is 0 Å². The van der Waals surface area contributed by atoms with Gasteiger partial charge in [0.2, 0.25) is 11.8 Å². The first kappa shape index (κ1) is 18.7. The summed E-state index contributed by atoms with van der Waals surface area (Å²) in [4.78, 5) is 25.0. The molecule has 132 valence electrons. The summed E-state index contributed by atoms with van der Waals surface area (Å²) in [5, 5.41) is 5.80. The molecule has 1 atom stereocenters. The molecule has 0 aliphatic carbocycles. The number of hydrogen-bond acceptors (Lipinski definition) is 2. The van der Waals surface area contributed by atoms with Gasteiger partial charge in [0.25, 0.3) is 0 Å². The Hall–Kier alpha value is -2.62. The van der Waals surface area contributed by atoms with E-state index in [1.807, 2.05) is 76.2 Å². The molecular formula is C21H26N2O2. The monoisotopic (exact) mass is 338 g/mol. The van der Waals surface area contributed by atoms with Gasteiger partial charge in [0.05, 0.1) is 6.42 Å². The number of carbonyl (C=O) groups is 2. The van der Waals surface area contributed by atoms with Gasteiger partial charge in [-0.25, -0.2) is 0 Å². The zero-order valence-corrected chi connectivity index (χ0v) is 15.3. The van der Waals surface area contributed by atoms with E-state index in [0.29, 0.717) is 0 Å². The summed E-state index contributed by atoms with van der Waals surface area (Å²) in [5.74, 6) is -0.352. The van der Waals surface area contributed by atoms with E-state index < -0.39 is 6.04 Å². The summed E-state index contributed by atoms with van der Waals surface area (Å²) < 4.78 is 0. The van der Waals surface area contributed by atoms with Crippen molar-refractivity contribution >= 4 is 17.5 Å². The van der Waals surface area contributed by atoms with Crippen LogP contribution in [0.15, 0.2) is 48.5 Å². The van der Waals surface area contributed by atoms with Gasteiger partial charge in [0.15, 0.2) is 0 Å². The van der Waals surface area contributed by atoms with Crippen LogP contribution in [0.1, 0.15) is 30.5 Å². The normalized spacial score (nSPS) is 11.9. The molecule has 0 fully saturated rings. The number of benzene rings is 2. The molecular weight excluding hydrogens is 312 g/mol. The molecule has 2 N–H and O–H groups in total. The molecule has 2 rings (SSSR count). The largest absolute Gasteiger partial charge is 0.344 e. The average molecular weight is 338 g/mol. The summed E-state index contributed by atoms with van der Waals surface area (Å²) in [5.41, 5.74) is 3.86. The number of nitrogens with one attached hydrogen (secondary N) is 2. The minimum Gasteiger partial charge on any atom is -0.344 e. The fourth-order valence-electron chi connectivity index (χ4n) is 2.71. The lowest BCUT2D eigenvalue weighted by Crippen LogP contribution is -2.47. The van der Waals surface area contributed by atoms with Crippen LogP contribution < -0.4 is 10.6 Å². The van der Waals surface area contributed by atoms with E-state index in [0.717, 1.165) is 22.4 Å². The Morgan fingerprint density at radius 1 is 1.00 bits per heavy atom. The number of aryl methyl sites for hydroxylation is 2. The van der Waals surface area contributed by atoms with Crippen LogP contribution in [0.4, 0.5) is 5.69 Å². The van der Waals surface area contributed by atoms with Crippen molar-refractivity contribution in [3.05, 3.63) is 65.2 Å². The van der Waals surface area contributed by atoms with Crippen LogP contribution in [0.3, 0.4) is 0 Å². The fourth-order valence-corrected chi connectivity index (χ4v) is 2.71. The molecule has 0 radical (unpaired) electrons. The molecule has 0 aliphatic rings. The highest BCUT2D eigenvalue weighted by Crippen LogP contribution is 2.17. The molecule has 0 bridgehead atoms. The summed E-state index contributed by atoms with van der Waals surface area (Å²) in [6.45, 7) is 7.82. The Morgan fingerprint density at radius 3 is 2.28 bits per heavy atom. The van der Waals surface area contributed by atoms with Gasteiger partial charge in [-0.05, 0) is 37.0 Å². The van der Waals surface area contributed by atoms with E-state index in [2.05, 4.69) is 10.6 Å². The Kier molecular flexibility index (Phi) is 6.34. The van der Waals surface area contributed by atoms with Crippen molar-refractivity contribution in [2.24, 2.45) is 5.92 Å². The average Bonchev–Trinajstić information content (AvgIpc) is 2.55. The molecule has 25 heavy (non-hydrogen) atoms. The van der Waals surface area contributed by atoms with Gasteiger partial charge >= 0.3 is 0 Å². The van der Waals surface area contributed by atoms with E-state index in [1.54, 1.807) is 0 Å². The van der Waals surface area contributed by atoms with E-state index in [1.165, 1.54) is 0 Å². The van der Waals surface area contributed by atoms with E-state index in [-0.39, 0.29) is 24.2 Å². The fraction of sp³-hybridized carbons (Fsp3) is 0.333. The van der Waals surface area contributed by atoms with Gasteiger partial charge in [0, 0.05) is 5.69 Å². The topological polar surface area (TPSA) is 58.2 Å². The highest BCUT2D eigenvalue weighted by atomic mass is 16.2. The third kappa shape index (κ3) is 5.45. The zero-order chi connectivity index (χ0) is 18.4. The van der Waals surface area contributed by atoms with Crippen molar-refractivity contribution in [1.29, 1.82) is 0 Å². The molecule has 0 spiro atoms. The third-order valence-corrected chi connectivity index (χ3v) is 4.11. The SMILES string of the molecule is Cc1ccc(NC(=O)C(NC(=O)Cc2ccccc2)C(C)C)c(C)c1. The van der Waals surface area contributed by atoms with Crippen molar-refractivity contribution in [2.75, 3.05) is 5.32 Å². The van der Waals surface area contributed by atoms with Crippen LogP contribution in [0.2, 0.25) is 0 Å². The predicted molar refractivity (Wildman–Crippen MR) is 101 cm³/mol. The maximum atomic E-state index is 12.7. The first-order valence-corrected chi connectivity index (χ1v) is 8.58. The van der Waals surface area contributed by atoms with Crippen molar-refractivity contribution in [1.82, 2.24) is 5.32 Å². The summed E-state index contributed by atoms with van der Waals surface area (Å²) in [6.07, 6.45) is 0.265. The number of rotatable bonds is 6. The van der Waals surface area contributed by atoms with Gasteiger partial charge in [-0.1, -0.05) is 61.9 Å². The Bertz CT molecular complexity index is 739. The quantitative estimate of drug-likeness (QED) is 0.845. The summed E-state index contributed by atoms with van der Waals surface area (Å²) >= 11 is 0. The molecule has 0 heterocycles. The maximum absolute atomic E-state index is 12.7. The zero-order valence-electron chi connectivity index (χ0n) is 15.3. The molecule has 4 nitrogen and oxygen atoms in total. The van der Waals surface area contributed by atoms with E-state index in [9.17, 15) is 9.59 Å². The highest BCUT2D eigenvalue weighted by Gasteiger charge is 2.24. The van der Waals surface area contributed by atoms with Crippen LogP contribution in [0.25, 0.3) is 0 Å². The van der Waals surface area contributed by atoms with Crippen molar-refractivity contribution in [3.8, 4) is 0 Å². The molecule has 1 unspecified atom stereocenters. The molecule has 2 aromatic rings. The number of anilines is 1. The van der Waals surface area contributed by atoms with Crippen LogP contribution in [0, 0.1) is 19.8 Å². The van der Waals surface area contributed by atoms with Gasteiger partial charge < -0.3 is 10.6 Å². The van der Waals surface area contributed by atoms with Crippen molar-refractivity contribution in [2.45, 2.75) is 40.2 Å².